The van der Waals surface area contributed by atoms with Crippen molar-refractivity contribution >= 4 is 23.4 Å². The number of carbonyl (C=O) groups excluding carboxylic acids is 1. The fraction of sp³-hybridized carbons (Fsp3) is 0.632. The molecule has 1 aromatic rings. The van der Waals surface area contributed by atoms with E-state index in [1.165, 1.54) is 38.5 Å². The van der Waals surface area contributed by atoms with Gasteiger partial charge in [0.1, 0.15) is 5.75 Å². The molecule has 3 nitrogen and oxygen atoms in total. The molecule has 0 aliphatic heterocycles. The predicted octanol–water partition coefficient (Wildman–Crippen LogP) is 4.34. The van der Waals surface area contributed by atoms with Crippen molar-refractivity contribution in [3.8, 4) is 5.75 Å². The standard InChI is InChI=1S/C19H25NO2S/c1-22-17-4-2-3-16(8-17)20-18(21)12-23-19-9-13-5-14(10-19)7-15(6-13)11-19/h2-4,8,13-15H,5-7,9-12H2,1H3,(H,20,21). The van der Waals surface area contributed by atoms with E-state index >= 15 is 0 Å². The van der Waals surface area contributed by atoms with Gasteiger partial charge in [-0.15, -0.1) is 11.8 Å². The number of carbonyl (C=O) groups is 1. The molecule has 0 aromatic heterocycles. The van der Waals surface area contributed by atoms with Crippen molar-refractivity contribution in [3.05, 3.63) is 24.3 Å². The molecule has 0 spiro atoms. The second-order valence-electron chi connectivity index (χ2n) is 7.67. The monoisotopic (exact) mass is 331 g/mol. The molecule has 124 valence electrons. The molecule has 0 radical (unpaired) electrons. The molecule has 4 fully saturated rings. The first-order valence-electron chi connectivity index (χ1n) is 8.72. The van der Waals surface area contributed by atoms with E-state index < -0.39 is 0 Å². The molecule has 1 N–H and O–H groups in total. The lowest BCUT2D eigenvalue weighted by molar-refractivity contribution is -0.113. The maximum absolute atomic E-state index is 12.3. The summed E-state index contributed by atoms with van der Waals surface area (Å²) in [4.78, 5) is 12.3. The van der Waals surface area contributed by atoms with Crippen LogP contribution in [0.2, 0.25) is 0 Å². The Kier molecular flexibility index (Phi) is 4.04. The Morgan fingerprint density at radius 1 is 1.22 bits per heavy atom. The Labute approximate surface area is 142 Å². The lowest BCUT2D eigenvalue weighted by Gasteiger charge is -2.56. The van der Waals surface area contributed by atoms with Crippen LogP contribution in [0.25, 0.3) is 0 Å². The highest BCUT2D eigenvalue weighted by Crippen LogP contribution is 2.60. The van der Waals surface area contributed by atoms with Crippen LogP contribution in [0.5, 0.6) is 5.75 Å². The summed E-state index contributed by atoms with van der Waals surface area (Å²) < 4.78 is 5.61. The van der Waals surface area contributed by atoms with Gasteiger partial charge < -0.3 is 10.1 Å². The molecular weight excluding hydrogens is 306 g/mol. The van der Waals surface area contributed by atoms with Crippen LogP contribution in [0.3, 0.4) is 0 Å². The molecule has 4 bridgehead atoms. The van der Waals surface area contributed by atoms with Gasteiger partial charge in [-0.05, 0) is 68.4 Å². The van der Waals surface area contributed by atoms with Crippen LogP contribution in [0.15, 0.2) is 24.3 Å². The fourth-order valence-electron chi connectivity index (χ4n) is 5.32. The predicted molar refractivity (Wildman–Crippen MR) is 95.0 cm³/mol. The van der Waals surface area contributed by atoms with Crippen LogP contribution < -0.4 is 10.1 Å². The maximum Gasteiger partial charge on any atom is 0.234 e. The Hall–Kier alpha value is -1.16. The van der Waals surface area contributed by atoms with E-state index in [1.54, 1.807) is 7.11 Å². The van der Waals surface area contributed by atoms with Crippen molar-refractivity contribution < 1.29 is 9.53 Å². The van der Waals surface area contributed by atoms with Crippen LogP contribution in [0, 0.1) is 17.8 Å². The van der Waals surface area contributed by atoms with E-state index in [2.05, 4.69) is 5.32 Å². The normalized spacial score (nSPS) is 34.4. The first-order chi connectivity index (χ1) is 11.1. The van der Waals surface area contributed by atoms with Crippen LogP contribution in [0.1, 0.15) is 38.5 Å². The van der Waals surface area contributed by atoms with Crippen molar-refractivity contribution in [3.63, 3.8) is 0 Å². The van der Waals surface area contributed by atoms with Gasteiger partial charge in [0.15, 0.2) is 0 Å². The number of methoxy groups -OCH3 is 1. The zero-order valence-corrected chi connectivity index (χ0v) is 14.5. The number of ether oxygens (including phenoxy) is 1. The molecule has 0 unspecified atom stereocenters. The van der Waals surface area contributed by atoms with Crippen molar-refractivity contribution in [2.75, 3.05) is 18.2 Å². The number of thioether (sulfide) groups is 1. The van der Waals surface area contributed by atoms with Crippen molar-refractivity contribution in [1.29, 1.82) is 0 Å². The topological polar surface area (TPSA) is 38.3 Å². The molecule has 23 heavy (non-hydrogen) atoms. The van der Waals surface area contributed by atoms with Gasteiger partial charge in [0.2, 0.25) is 5.91 Å². The van der Waals surface area contributed by atoms with Crippen molar-refractivity contribution in [1.82, 2.24) is 0 Å². The first kappa shape index (κ1) is 15.4. The molecule has 5 rings (SSSR count). The smallest absolute Gasteiger partial charge is 0.234 e. The number of anilines is 1. The summed E-state index contributed by atoms with van der Waals surface area (Å²) in [5, 5.41) is 3.01. The van der Waals surface area contributed by atoms with E-state index in [-0.39, 0.29) is 5.91 Å². The number of benzene rings is 1. The summed E-state index contributed by atoms with van der Waals surface area (Å²) in [6.45, 7) is 0. The van der Waals surface area contributed by atoms with Gasteiger partial charge in [-0.3, -0.25) is 4.79 Å². The zero-order chi connectivity index (χ0) is 15.9. The molecule has 0 heterocycles. The van der Waals surface area contributed by atoms with Gasteiger partial charge >= 0.3 is 0 Å². The number of hydrogen-bond acceptors (Lipinski definition) is 3. The Morgan fingerprint density at radius 2 is 1.87 bits per heavy atom. The summed E-state index contributed by atoms with van der Waals surface area (Å²) in [5.41, 5.74) is 0.820. The van der Waals surface area contributed by atoms with Gasteiger partial charge in [-0.2, -0.15) is 0 Å². The maximum atomic E-state index is 12.3. The summed E-state index contributed by atoms with van der Waals surface area (Å²) in [7, 11) is 1.64. The fourth-order valence-corrected chi connectivity index (χ4v) is 6.89. The minimum Gasteiger partial charge on any atom is -0.497 e. The average Bonchev–Trinajstić information content (AvgIpc) is 2.52. The highest BCUT2D eigenvalue weighted by atomic mass is 32.2. The molecule has 4 heteroatoms. The summed E-state index contributed by atoms with van der Waals surface area (Å²) in [6.07, 6.45) is 8.39. The highest BCUT2D eigenvalue weighted by Gasteiger charge is 2.51. The number of nitrogens with one attached hydrogen (secondary N) is 1. The second kappa shape index (κ2) is 6.04. The Morgan fingerprint density at radius 3 is 2.48 bits per heavy atom. The third kappa shape index (κ3) is 3.23. The van der Waals surface area contributed by atoms with Crippen LogP contribution >= 0.6 is 11.8 Å². The number of hydrogen-bond donors (Lipinski definition) is 1. The van der Waals surface area contributed by atoms with E-state index in [0.717, 1.165) is 29.2 Å². The van der Waals surface area contributed by atoms with Crippen molar-refractivity contribution in [2.45, 2.75) is 43.3 Å². The second-order valence-corrected chi connectivity index (χ2v) is 9.11. The van der Waals surface area contributed by atoms with E-state index in [4.69, 9.17) is 4.74 Å². The molecular formula is C19H25NO2S. The zero-order valence-electron chi connectivity index (χ0n) is 13.7. The largest absolute Gasteiger partial charge is 0.497 e. The van der Waals surface area contributed by atoms with E-state index in [9.17, 15) is 4.79 Å². The molecule has 0 saturated heterocycles. The third-order valence-electron chi connectivity index (χ3n) is 5.84. The van der Waals surface area contributed by atoms with Crippen LogP contribution in [0.4, 0.5) is 5.69 Å². The molecule has 4 aliphatic rings. The minimum atomic E-state index is 0.110. The molecule has 1 amide bonds. The van der Waals surface area contributed by atoms with Gasteiger partial charge in [0, 0.05) is 16.5 Å². The quantitative estimate of drug-likeness (QED) is 0.872. The summed E-state index contributed by atoms with van der Waals surface area (Å²) in [5.74, 6) is 4.28. The number of amides is 1. The molecule has 0 atom stereocenters. The van der Waals surface area contributed by atoms with E-state index in [0.29, 0.717) is 10.5 Å². The van der Waals surface area contributed by atoms with Crippen LogP contribution in [-0.2, 0) is 4.79 Å². The van der Waals surface area contributed by atoms with Gasteiger partial charge in [0.25, 0.3) is 0 Å². The third-order valence-corrected chi connectivity index (χ3v) is 7.36. The lowest BCUT2D eigenvalue weighted by Crippen LogP contribution is -2.49. The Bertz CT molecular complexity index is 566. The van der Waals surface area contributed by atoms with Gasteiger partial charge in [-0.1, -0.05) is 6.07 Å². The SMILES string of the molecule is COc1cccc(NC(=O)CSC23CC4CC(CC(C4)C2)C3)c1. The average molecular weight is 331 g/mol. The van der Waals surface area contributed by atoms with E-state index in [1.807, 2.05) is 36.0 Å². The number of rotatable bonds is 5. The summed E-state index contributed by atoms with van der Waals surface area (Å²) >= 11 is 1.93. The molecule has 4 saturated carbocycles. The van der Waals surface area contributed by atoms with Gasteiger partial charge in [-0.25, -0.2) is 0 Å². The first-order valence-corrected chi connectivity index (χ1v) is 9.70. The summed E-state index contributed by atoms with van der Waals surface area (Å²) in [6, 6.07) is 7.57. The Balaban J connectivity index is 1.34. The minimum absolute atomic E-state index is 0.110. The van der Waals surface area contributed by atoms with Gasteiger partial charge in [0.05, 0.1) is 12.9 Å². The molecule has 1 aromatic carbocycles. The van der Waals surface area contributed by atoms with Crippen molar-refractivity contribution in [2.24, 2.45) is 17.8 Å². The highest BCUT2D eigenvalue weighted by molar-refractivity contribution is 8.01. The van der Waals surface area contributed by atoms with Crippen LogP contribution in [-0.4, -0.2) is 23.5 Å². The lowest BCUT2D eigenvalue weighted by atomic mass is 9.56. The molecule has 4 aliphatic carbocycles.